The largest absolute Gasteiger partial charge is 0.368 e. The molecular weight excluding hydrogens is 176 g/mol. The first-order chi connectivity index (χ1) is 6.74. The number of nitrogens with zero attached hydrogens (tertiary/aromatic N) is 1. The van der Waals surface area contributed by atoms with Crippen molar-refractivity contribution in [1.29, 1.82) is 0 Å². The van der Waals surface area contributed by atoms with Gasteiger partial charge in [-0.3, -0.25) is 9.79 Å². The number of rotatable bonds is 4. The lowest BCUT2D eigenvalue weighted by Crippen LogP contribution is -2.26. The Bertz CT molecular complexity index is 319. The fourth-order valence-corrected chi connectivity index (χ4v) is 1.10. The summed E-state index contributed by atoms with van der Waals surface area (Å²) in [6, 6.07) is 9.23. The van der Waals surface area contributed by atoms with Gasteiger partial charge in [-0.2, -0.15) is 0 Å². The van der Waals surface area contributed by atoms with E-state index in [0.717, 1.165) is 5.56 Å². The van der Waals surface area contributed by atoms with Crippen molar-refractivity contribution < 1.29 is 4.79 Å². The Hall–Kier alpha value is -1.64. The number of carbonyl (C=O) groups excluding carboxylic acids is 1. The van der Waals surface area contributed by atoms with Crippen LogP contribution in [0.2, 0.25) is 0 Å². The van der Waals surface area contributed by atoms with Crippen LogP contribution in [0.1, 0.15) is 18.9 Å². The molecule has 1 amide bonds. The van der Waals surface area contributed by atoms with Gasteiger partial charge in [0.05, 0.1) is 0 Å². The number of carbonyl (C=O) groups is 1. The molecule has 14 heavy (non-hydrogen) atoms. The Morgan fingerprint density at radius 3 is 2.64 bits per heavy atom. The van der Waals surface area contributed by atoms with Gasteiger partial charge in [-0.25, -0.2) is 0 Å². The highest BCUT2D eigenvalue weighted by Crippen LogP contribution is 1.99. The molecule has 3 heteroatoms. The molecule has 3 nitrogen and oxygen atoms in total. The molecule has 0 aliphatic rings. The van der Waals surface area contributed by atoms with Crippen LogP contribution < -0.4 is 5.73 Å². The van der Waals surface area contributed by atoms with Crippen molar-refractivity contribution in [2.45, 2.75) is 19.4 Å². The van der Waals surface area contributed by atoms with Crippen molar-refractivity contribution in [2.24, 2.45) is 10.7 Å². The Balaban J connectivity index is 2.67. The van der Waals surface area contributed by atoms with E-state index >= 15 is 0 Å². The molecule has 0 fully saturated rings. The van der Waals surface area contributed by atoms with Crippen molar-refractivity contribution in [3.63, 3.8) is 0 Å². The molecule has 0 saturated heterocycles. The molecule has 1 atom stereocenters. The maximum atomic E-state index is 10.9. The van der Waals surface area contributed by atoms with Gasteiger partial charge in [0.1, 0.15) is 6.04 Å². The van der Waals surface area contributed by atoms with Gasteiger partial charge in [0.15, 0.2) is 0 Å². The molecule has 2 N–H and O–H groups in total. The van der Waals surface area contributed by atoms with E-state index in [0.29, 0.717) is 6.42 Å². The van der Waals surface area contributed by atoms with Gasteiger partial charge in [-0.1, -0.05) is 37.3 Å². The molecule has 1 rings (SSSR count). The van der Waals surface area contributed by atoms with Crippen LogP contribution in [0.15, 0.2) is 35.3 Å². The van der Waals surface area contributed by atoms with Crippen molar-refractivity contribution >= 4 is 12.1 Å². The molecule has 0 aromatic heterocycles. The van der Waals surface area contributed by atoms with Crippen LogP contribution in [-0.4, -0.2) is 18.2 Å². The molecule has 0 bridgehead atoms. The van der Waals surface area contributed by atoms with Crippen LogP contribution in [0.3, 0.4) is 0 Å². The first-order valence-corrected chi connectivity index (χ1v) is 4.61. The lowest BCUT2D eigenvalue weighted by molar-refractivity contribution is -0.119. The molecular formula is C11H14N2O. The summed E-state index contributed by atoms with van der Waals surface area (Å²) < 4.78 is 0. The summed E-state index contributed by atoms with van der Waals surface area (Å²) in [5, 5.41) is 0. The monoisotopic (exact) mass is 190 g/mol. The van der Waals surface area contributed by atoms with Crippen molar-refractivity contribution in [3.05, 3.63) is 35.9 Å². The van der Waals surface area contributed by atoms with Gasteiger partial charge in [0.2, 0.25) is 5.91 Å². The summed E-state index contributed by atoms with van der Waals surface area (Å²) in [5.41, 5.74) is 6.14. The Morgan fingerprint density at radius 2 is 2.14 bits per heavy atom. The van der Waals surface area contributed by atoms with Crippen LogP contribution in [0, 0.1) is 0 Å². The summed E-state index contributed by atoms with van der Waals surface area (Å²) in [5.74, 6) is -0.375. The van der Waals surface area contributed by atoms with Crippen molar-refractivity contribution in [1.82, 2.24) is 0 Å². The summed E-state index contributed by atoms with van der Waals surface area (Å²) in [6.45, 7) is 1.89. The summed E-state index contributed by atoms with van der Waals surface area (Å²) >= 11 is 0. The highest BCUT2D eigenvalue weighted by atomic mass is 16.1. The maximum Gasteiger partial charge on any atom is 0.242 e. The normalized spacial score (nSPS) is 12.9. The van der Waals surface area contributed by atoms with Gasteiger partial charge in [-0.15, -0.1) is 0 Å². The minimum Gasteiger partial charge on any atom is -0.368 e. The van der Waals surface area contributed by atoms with E-state index in [9.17, 15) is 4.79 Å². The molecule has 0 spiro atoms. The topological polar surface area (TPSA) is 55.4 Å². The fourth-order valence-electron chi connectivity index (χ4n) is 1.10. The van der Waals surface area contributed by atoms with Crippen LogP contribution >= 0.6 is 0 Å². The lowest BCUT2D eigenvalue weighted by Gasteiger charge is -2.03. The van der Waals surface area contributed by atoms with Gasteiger partial charge in [-0.05, 0) is 12.0 Å². The fraction of sp³-hybridized carbons (Fsp3) is 0.273. The van der Waals surface area contributed by atoms with Gasteiger partial charge in [0.25, 0.3) is 0 Å². The lowest BCUT2D eigenvalue weighted by atomic mass is 10.2. The highest BCUT2D eigenvalue weighted by Gasteiger charge is 2.08. The van der Waals surface area contributed by atoms with Crippen molar-refractivity contribution in [2.75, 3.05) is 0 Å². The van der Waals surface area contributed by atoms with Gasteiger partial charge >= 0.3 is 0 Å². The van der Waals surface area contributed by atoms with Crippen LogP contribution in [0.4, 0.5) is 0 Å². The number of hydrogen-bond acceptors (Lipinski definition) is 2. The van der Waals surface area contributed by atoms with E-state index in [4.69, 9.17) is 5.73 Å². The number of aliphatic imine (C=N–C) groups is 1. The molecule has 0 aliphatic heterocycles. The second-order valence-corrected chi connectivity index (χ2v) is 3.02. The molecule has 1 aromatic rings. The molecule has 1 aromatic carbocycles. The first-order valence-electron chi connectivity index (χ1n) is 4.61. The smallest absolute Gasteiger partial charge is 0.242 e. The summed E-state index contributed by atoms with van der Waals surface area (Å²) in [4.78, 5) is 15.0. The van der Waals surface area contributed by atoms with E-state index in [2.05, 4.69) is 4.99 Å². The average molecular weight is 190 g/mol. The van der Waals surface area contributed by atoms with Crippen molar-refractivity contribution in [3.8, 4) is 0 Å². The summed E-state index contributed by atoms with van der Waals surface area (Å²) in [7, 11) is 0. The van der Waals surface area contributed by atoms with Gasteiger partial charge in [0, 0.05) is 6.21 Å². The Labute approximate surface area is 83.7 Å². The minimum atomic E-state index is -0.407. The number of primary amides is 1. The van der Waals surface area contributed by atoms with E-state index in [1.165, 1.54) is 0 Å². The molecule has 0 radical (unpaired) electrons. The Morgan fingerprint density at radius 1 is 1.50 bits per heavy atom. The highest BCUT2D eigenvalue weighted by molar-refractivity contribution is 5.85. The number of hydrogen-bond donors (Lipinski definition) is 1. The minimum absolute atomic E-state index is 0.375. The number of nitrogens with two attached hydrogens (primary N) is 1. The molecule has 0 heterocycles. The zero-order chi connectivity index (χ0) is 10.4. The van der Waals surface area contributed by atoms with E-state index in [-0.39, 0.29) is 5.91 Å². The van der Waals surface area contributed by atoms with Crippen LogP contribution in [0.25, 0.3) is 0 Å². The first kappa shape index (κ1) is 10.4. The Kier molecular flexibility index (Phi) is 3.85. The van der Waals surface area contributed by atoms with Crippen LogP contribution in [0.5, 0.6) is 0 Å². The third-order valence-corrected chi connectivity index (χ3v) is 1.92. The second kappa shape index (κ2) is 5.17. The zero-order valence-electron chi connectivity index (χ0n) is 8.18. The second-order valence-electron chi connectivity index (χ2n) is 3.02. The van der Waals surface area contributed by atoms with E-state index in [1.807, 2.05) is 37.3 Å². The molecule has 0 aliphatic carbocycles. The summed E-state index contributed by atoms with van der Waals surface area (Å²) in [6.07, 6.45) is 2.32. The molecule has 0 unspecified atom stereocenters. The average Bonchev–Trinajstić information content (AvgIpc) is 2.20. The van der Waals surface area contributed by atoms with Crippen LogP contribution in [-0.2, 0) is 4.79 Å². The van der Waals surface area contributed by atoms with E-state index < -0.39 is 6.04 Å². The quantitative estimate of drug-likeness (QED) is 0.716. The predicted molar refractivity (Wildman–Crippen MR) is 57.3 cm³/mol. The standard InChI is InChI=1S/C11H14N2O/c1-2-10(11(12)14)13-8-9-6-4-3-5-7-9/h3-8,10H,2H2,1H3,(H2,12,14)/b13-8+/t10-/m1/s1. The SMILES string of the molecule is CC[C@@H](/N=C/c1ccccc1)C(N)=O. The van der Waals surface area contributed by atoms with Gasteiger partial charge < -0.3 is 5.73 Å². The zero-order valence-corrected chi connectivity index (χ0v) is 8.18. The number of benzene rings is 1. The predicted octanol–water partition coefficient (Wildman–Crippen LogP) is 1.37. The van der Waals surface area contributed by atoms with E-state index in [1.54, 1.807) is 6.21 Å². The maximum absolute atomic E-state index is 10.9. The number of amides is 1. The molecule has 74 valence electrons. The third-order valence-electron chi connectivity index (χ3n) is 1.92. The molecule has 0 saturated carbocycles. The third kappa shape index (κ3) is 3.01.